The SMILES string of the molecule is NNC(Cc1ccncc1Cl)c1cc2ccccc2o1. The third-order valence-electron chi connectivity index (χ3n) is 3.27. The number of rotatable bonds is 4. The summed E-state index contributed by atoms with van der Waals surface area (Å²) in [7, 11) is 0. The van der Waals surface area contributed by atoms with Gasteiger partial charge in [0.25, 0.3) is 0 Å². The standard InChI is InChI=1S/C15H14ClN3O/c16-12-9-18-6-5-10(12)7-13(19-17)15-8-11-3-1-2-4-14(11)20-15/h1-6,8-9,13,19H,7,17H2. The zero-order valence-electron chi connectivity index (χ0n) is 10.7. The van der Waals surface area contributed by atoms with Crippen LogP contribution in [0.5, 0.6) is 0 Å². The molecule has 3 rings (SSSR count). The van der Waals surface area contributed by atoms with E-state index in [1.54, 1.807) is 12.4 Å². The number of pyridine rings is 1. The van der Waals surface area contributed by atoms with E-state index >= 15 is 0 Å². The molecule has 0 saturated carbocycles. The number of fused-ring (bicyclic) bond motifs is 1. The van der Waals surface area contributed by atoms with E-state index in [0.29, 0.717) is 11.4 Å². The molecule has 2 aromatic heterocycles. The highest BCUT2D eigenvalue weighted by Gasteiger charge is 2.16. The molecule has 0 fully saturated rings. The number of nitrogens with one attached hydrogen (secondary N) is 1. The molecular formula is C15H14ClN3O. The van der Waals surface area contributed by atoms with Gasteiger partial charge in [0.05, 0.1) is 11.1 Å². The van der Waals surface area contributed by atoms with Gasteiger partial charge in [-0.15, -0.1) is 0 Å². The Bertz CT molecular complexity index is 693. The molecule has 0 radical (unpaired) electrons. The second-order valence-electron chi connectivity index (χ2n) is 4.58. The smallest absolute Gasteiger partial charge is 0.134 e. The Balaban J connectivity index is 1.91. The molecule has 4 nitrogen and oxygen atoms in total. The number of aromatic nitrogens is 1. The molecule has 1 aromatic carbocycles. The van der Waals surface area contributed by atoms with Gasteiger partial charge in [0.15, 0.2) is 0 Å². The van der Waals surface area contributed by atoms with Gasteiger partial charge in [-0.1, -0.05) is 29.8 Å². The zero-order valence-corrected chi connectivity index (χ0v) is 11.5. The maximum atomic E-state index is 6.13. The Morgan fingerprint density at radius 3 is 2.90 bits per heavy atom. The Kier molecular flexibility index (Phi) is 3.69. The summed E-state index contributed by atoms with van der Waals surface area (Å²) in [6, 6.07) is 11.6. The highest BCUT2D eigenvalue weighted by Crippen LogP contribution is 2.27. The van der Waals surface area contributed by atoms with Crippen molar-refractivity contribution < 1.29 is 4.42 Å². The summed E-state index contributed by atoms with van der Waals surface area (Å²) in [6.07, 6.45) is 3.98. The van der Waals surface area contributed by atoms with Crippen LogP contribution in [-0.4, -0.2) is 4.98 Å². The van der Waals surface area contributed by atoms with Crippen LogP contribution in [-0.2, 0) is 6.42 Å². The van der Waals surface area contributed by atoms with E-state index in [1.165, 1.54) is 0 Å². The number of nitrogens with two attached hydrogens (primary N) is 1. The highest BCUT2D eigenvalue weighted by atomic mass is 35.5. The summed E-state index contributed by atoms with van der Waals surface area (Å²) in [5, 5.41) is 1.69. The van der Waals surface area contributed by atoms with Crippen molar-refractivity contribution in [1.29, 1.82) is 0 Å². The first-order valence-electron chi connectivity index (χ1n) is 6.31. The summed E-state index contributed by atoms with van der Waals surface area (Å²) in [5.74, 6) is 6.45. The molecule has 0 aliphatic carbocycles. The van der Waals surface area contributed by atoms with Crippen LogP contribution in [0, 0.1) is 0 Å². The van der Waals surface area contributed by atoms with Gasteiger partial charge >= 0.3 is 0 Å². The van der Waals surface area contributed by atoms with Crippen LogP contribution in [0.4, 0.5) is 0 Å². The van der Waals surface area contributed by atoms with Crippen molar-refractivity contribution >= 4 is 22.6 Å². The largest absolute Gasteiger partial charge is 0.459 e. The first-order valence-corrected chi connectivity index (χ1v) is 6.68. The predicted octanol–water partition coefficient (Wildman–Crippen LogP) is 3.23. The minimum Gasteiger partial charge on any atom is -0.459 e. The average molecular weight is 288 g/mol. The van der Waals surface area contributed by atoms with Crippen LogP contribution in [0.1, 0.15) is 17.4 Å². The van der Waals surface area contributed by atoms with E-state index in [2.05, 4.69) is 10.4 Å². The van der Waals surface area contributed by atoms with E-state index in [9.17, 15) is 0 Å². The molecule has 3 aromatic rings. The van der Waals surface area contributed by atoms with Gasteiger partial charge in [0.1, 0.15) is 11.3 Å². The second-order valence-corrected chi connectivity index (χ2v) is 4.98. The van der Waals surface area contributed by atoms with Gasteiger partial charge in [0.2, 0.25) is 0 Å². The third kappa shape index (κ3) is 2.54. The number of hydrogen-bond donors (Lipinski definition) is 2. The Hall–Kier alpha value is -1.88. The Labute approximate surface area is 121 Å². The van der Waals surface area contributed by atoms with Crippen molar-refractivity contribution in [3.8, 4) is 0 Å². The highest BCUT2D eigenvalue weighted by molar-refractivity contribution is 6.31. The minimum atomic E-state index is -0.137. The first-order chi connectivity index (χ1) is 9.78. The number of halogens is 1. The number of para-hydroxylation sites is 1. The first kappa shape index (κ1) is 13.1. The van der Waals surface area contributed by atoms with E-state index < -0.39 is 0 Å². The number of benzene rings is 1. The lowest BCUT2D eigenvalue weighted by atomic mass is 10.1. The Morgan fingerprint density at radius 2 is 2.15 bits per heavy atom. The molecule has 0 spiro atoms. The quantitative estimate of drug-likeness (QED) is 0.571. The number of furan rings is 1. The predicted molar refractivity (Wildman–Crippen MR) is 79.2 cm³/mol. The number of hydrogen-bond acceptors (Lipinski definition) is 4. The molecule has 3 N–H and O–H groups in total. The monoisotopic (exact) mass is 287 g/mol. The lowest BCUT2D eigenvalue weighted by Crippen LogP contribution is -2.29. The van der Waals surface area contributed by atoms with Crippen molar-refractivity contribution in [2.24, 2.45) is 5.84 Å². The van der Waals surface area contributed by atoms with Crippen LogP contribution in [0.2, 0.25) is 5.02 Å². The normalized spacial score (nSPS) is 12.7. The maximum Gasteiger partial charge on any atom is 0.134 e. The van der Waals surface area contributed by atoms with Crippen LogP contribution >= 0.6 is 11.6 Å². The molecule has 102 valence electrons. The lowest BCUT2D eigenvalue weighted by molar-refractivity contribution is 0.434. The summed E-state index contributed by atoms with van der Waals surface area (Å²) < 4.78 is 5.83. The van der Waals surface area contributed by atoms with Gasteiger partial charge < -0.3 is 4.42 Å². The molecule has 5 heteroatoms. The van der Waals surface area contributed by atoms with E-state index in [0.717, 1.165) is 22.3 Å². The Morgan fingerprint density at radius 1 is 1.30 bits per heavy atom. The van der Waals surface area contributed by atoms with Crippen LogP contribution in [0.25, 0.3) is 11.0 Å². The van der Waals surface area contributed by atoms with E-state index in [4.69, 9.17) is 21.9 Å². The fraction of sp³-hybridized carbons (Fsp3) is 0.133. The summed E-state index contributed by atoms with van der Waals surface area (Å²) >= 11 is 6.13. The molecule has 0 saturated heterocycles. The van der Waals surface area contributed by atoms with Gasteiger partial charge in [-0.3, -0.25) is 10.8 Å². The molecule has 20 heavy (non-hydrogen) atoms. The maximum absolute atomic E-state index is 6.13. The molecule has 1 unspecified atom stereocenters. The van der Waals surface area contributed by atoms with Crippen LogP contribution in [0.3, 0.4) is 0 Å². The fourth-order valence-corrected chi connectivity index (χ4v) is 2.40. The number of nitrogens with zero attached hydrogens (tertiary/aromatic N) is 1. The van der Waals surface area contributed by atoms with Crippen molar-refractivity contribution in [2.75, 3.05) is 0 Å². The fourth-order valence-electron chi connectivity index (χ4n) is 2.21. The van der Waals surface area contributed by atoms with Crippen LogP contribution < -0.4 is 11.3 Å². The number of hydrazine groups is 1. The summed E-state index contributed by atoms with van der Waals surface area (Å²) in [5.41, 5.74) is 4.61. The van der Waals surface area contributed by atoms with Crippen molar-refractivity contribution in [3.05, 3.63) is 65.1 Å². The van der Waals surface area contributed by atoms with Gasteiger partial charge in [0, 0.05) is 17.8 Å². The van der Waals surface area contributed by atoms with Gasteiger partial charge in [-0.2, -0.15) is 0 Å². The second kappa shape index (κ2) is 5.63. The van der Waals surface area contributed by atoms with Gasteiger partial charge in [-0.25, -0.2) is 5.43 Å². The molecule has 1 atom stereocenters. The minimum absolute atomic E-state index is 0.137. The molecule has 0 bridgehead atoms. The molecule has 0 amide bonds. The molecule has 0 aliphatic heterocycles. The van der Waals surface area contributed by atoms with E-state index in [-0.39, 0.29) is 6.04 Å². The van der Waals surface area contributed by atoms with Gasteiger partial charge in [-0.05, 0) is 30.2 Å². The van der Waals surface area contributed by atoms with Crippen molar-refractivity contribution in [2.45, 2.75) is 12.5 Å². The van der Waals surface area contributed by atoms with Crippen LogP contribution in [0.15, 0.2) is 53.2 Å². The lowest BCUT2D eigenvalue weighted by Gasteiger charge is -2.13. The molecule has 0 aliphatic rings. The topological polar surface area (TPSA) is 64.1 Å². The average Bonchev–Trinajstić information content (AvgIpc) is 2.90. The summed E-state index contributed by atoms with van der Waals surface area (Å²) in [6.45, 7) is 0. The third-order valence-corrected chi connectivity index (χ3v) is 3.61. The molecular weight excluding hydrogens is 274 g/mol. The van der Waals surface area contributed by atoms with E-state index in [1.807, 2.05) is 36.4 Å². The summed E-state index contributed by atoms with van der Waals surface area (Å²) in [4.78, 5) is 3.98. The zero-order chi connectivity index (χ0) is 13.9. The molecule has 2 heterocycles. The van der Waals surface area contributed by atoms with Crippen molar-refractivity contribution in [1.82, 2.24) is 10.4 Å². The van der Waals surface area contributed by atoms with Crippen molar-refractivity contribution in [3.63, 3.8) is 0 Å².